The summed E-state index contributed by atoms with van der Waals surface area (Å²) >= 11 is 0. The van der Waals surface area contributed by atoms with E-state index in [0.717, 1.165) is 24.2 Å². The highest BCUT2D eigenvalue weighted by atomic mass is 16.2. The average Bonchev–Trinajstić information content (AvgIpc) is 2.84. The first-order valence-electron chi connectivity index (χ1n) is 11.2. The topological polar surface area (TPSA) is 78.8 Å². The van der Waals surface area contributed by atoms with E-state index in [4.69, 9.17) is 0 Å². The molecule has 0 saturated heterocycles. The van der Waals surface area contributed by atoms with E-state index in [1.807, 2.05) is 37.4 Å². The van der Waals surface area contributed by atoms with Crippen LogP contribution < -0.4 is 10.5 Å². The first kappa shape index (κ1) is 22.7. The standard InChI is InChI=1S/C25H29N5O3/c1-19(31)30-13-7-12-27(2)14-15-28(16-20-8-3-6-11-23(20)30)24(32)17-29-18-26-22-10-5-4-9-21(22)25(29)33/h3-6,8-11,18H,7,12-17H2,1-2H3. The third kappa shape index (κ3) is 5.12. The molecule has 8 heteroatoms. The number of hydrogen-bond donors (Lipinski definition) is 0. The Morgan fingerprint density at radius 1 is 0.970 bits per heavy atom. The van der Waals surface area contributed by atoms with Crippen LogP contribution in [0.15, 0.2) is 59.7 Å². The van der Waals surface area contributed by atoms with E-state index in [1.54, 1.807) is 34.9 Å². The Hall–Kier alpha value is -3.52. The van der Waals surface area contributed by atoms with Crippen LogP contribution in [0.2, 0.25) is 0 Å². The molecular formula is C25H29N5O3. The number of aromatic nitrogens is 2. The summed E-state index contributed by atoms with van der Waals surface area (Å²) < 4.78 is 1.37. The Morgan fingerprint density at radius 2 is 1.73 bits per heavy atom. The van der Waals surface area contributed by atoms with Gasteiger partial charge in [-0.3, -0.25) is 19.0 Å². The highest BCUT2D eigenvalue weighted by Crippen LogP contribution is 2.23. The summed E-state index contributed by atoms with van der Waals surface area (Å²) in [4.78, 5) is 48.7. The van der Waals surface area contributed by atoms with Gasteiger partial charge in [0.05, 0.1) is 17.2 Å². The van der Waals surface area contributed by atoms with E-state index >= 15 is 0 Å². The molecule has 4 rings (SSSR count). The molecule has 1 aromatic heterocycles. The number of rotatable bonds is 2. The Kier molecular flexibility index (Phi) is 6.84. The van der Waals surface area contributed by atoms with Crippen molar-refractivity contribution >= 4 is 28.4 Å². The van der Waals surface area contributed by atoms with Crippen molar-refractivity contribution in [1.29, 1.82) is 0 Å². The predicted molar refractivity (Wildman–Crippen MR) is 128 cm³/mol. The first-order chi connectivity index (χ1) is 15.9. The van der Waals surface area contributed by atoms with Gasteiger partial charge in [-0.25, -0.2) is 4.98 Å². The quantitative estimate of drug-likeness (QED) is 0.601. The van der Waals surface area contributed by atoms with Crippen LogP contribution in [0.5, 0.6) is 0 Å². The van der Waals surface area contributed by atoms with Crippen molar-refractivity contribution in [2.24, 2.45) is 0 Å². The van der Waals surface area contributed by atoms with E-state index < -0.39 is 0 Å². The van der Waals surface area contributed by atoms with Crippen molar-refractivity contribution in [3.63, 3.8) is 0 Å². The lowest BCUT2D eigenvalue weighted by Crippen LogP contribution is -2.40. The van der Waals surface area contributed by atoms with Crippen molar-refractivity contribution in [3.05, 3.63) is 70.8 Å². The summed E-state index contributed by atoms with van der Waals surface area (Å²) in [6, 6.07) is 14.8. The summed E-state index contributed by atoms with van der Waals surface area (Å²) in [5.41, 5.74) is 2.12. The molecule has 1 aliphatic rings. The number of nitrogens with zero attached hydrogens (tertiary/aromatic N) is 5. The molecule has 0 bridgehead atoms. The van der Waals surface area contributed by atoms with Crippen LogP contribution in [-0.2, 0) is 22.7 Å². The molecular weight excluding hydrogens is 418 g/mol. The maximum atomic E-state index is 13.4. The molecule has 0 saturated carbocycles. The normalized spacial score (nSPS) is 15.7. The fourth-order valence-corrected chi connectivity index (χ4v) is 4.22. The minimum atomic E-state index is -0.230. The summed E-state index contributed by atoms with van der Waals surface area (Å²) in [6.07, 6.45) is 2.28. The van der Waals surface area contributed by atoms with Crippen molar-refractivity contribution in [1.82, 2.24) is 19.4 Å². The number of anilines is 1. The first-order valence-corrected chi connectivity index (χ1v) is 11.2. The van der Waals surface area contributed by atoms with Gasteiger partial charge < -0.3 is 14.7 Å². The minimum Gasteiger partial charge on any atom is -0.335 e. The third-order valence-corrected chi connectivity index (χ3v) is 6.09. The second kappa shape index (κ2) is 9.95. The molecule has 0 aliphatic carbocycles. The van der Waals surface area contributed by atoms with Crippen molar-refractivity contribution in [2.75, 3.05) is 38.1 Å². The monoisotopic (exact) mass is 447 g/mol. The molecule has 2 amide bonds. The number of amides is 2. The fraction of sp³-hybridized carbons (Fsp3) is 0.360. The highest BCUT2D eigenvalue weighted by molar-refractivity contribution is 5.92. The summed E-state index contributed by atoms with van der Waals surface area (Å²) in [5, 5.41) is 0.493. The van der Waals surface area contributed by atoms with Gasteiger partial charge in [0, 0.05) is 38.8 Å². The molecule has 2 heterocycles. The molecule has 0 fully saturated rings. The maximum absolute atomic E-state index is 13.4. The molecule has 1 aliphatic heterocycles. The van der Waals surface area contributed by atoms with Gasteiger partial charge in [0.2, 0.25) is 11.8 Å². The van der Waals surface area contributed by atoms with Crippen LogP contribution in [0.4, 0.5) is 5.69 Å². The number of carbonyl (C=O) groups excluding carboxylic acids is 2. The van der Waals surface area contributed by atoms with Gasteiger partial charge in [0.25, 0.3) is 5.56 Å². The molecule has 8 nitrogen and oxygen atoms in total. The fourth-order valence-electron chi connectivity index (χ4n) is 4.22. The van der Waals surface area contributed by atoms with Gasteiger partial charge in [-0.1, -0.05) is 30.3 Å². The number of likely N-dealkylation sites (N-methyl/N-ethyl adjacent to an activating group) is 1. The number of para-hydroxylation sites is 2. The number of carbonyl (C=O) groups is 2. The average molecular weight is 448 g/mol. The molecule has 0 radical (unpaired) electrons. The van der Waals surface area contributed by atoms with Gasteiger partial charge in [0.1, 0.15) is 6.54 Å². The summed E-state index contributed by atoms with van der Waals surface area (Å²) in [6.45, 7) is 4.53. The van der Waals surface area contributed by atoms with Crippen LogP contribution in [-0.4, -0.2) is 64.4 Å². The third-order valence-electron chi connectivity index (χ3n) is 6.09. The lowest BCUT2D eigenvalue weighted by molar-refractivity contribution is -0.132. The predicted octanol–water partition coefficient (Wildman–Crippen LogP) is 2.11. The van der Waals surface area contributed by atoms with Gasteiger partial charge in [-0.15, -0.1) is 0 Å². The lowest BCUT2D eigenvalue weighted by Gasteiger charge is -2.27. The number of fused-ring (bicyclic) bond motifs is 2. The SMILES string of the molecule is CC(=O)N1CCCN(C)CCN(C(=O)Cn2cnc3ccccc3c2=O)Cc2ccccc21. The van der Waals surface area contributed by atoms with Crippen molar-refractivity contribution in [2.45, 2.75) is 26.4 Å². The van der Waals surface area contributed by atoms with Crippen LogP contribution in [0, 0.1) is 0 Å². The second-order valence-corrected chi connectivity index (χ2v) is 8.47. The molecule has 3 aromatic rings. The van der Waals surface area contributed by atoms with E-state index in [9.17, 15) is 14.4 Å². The zero-order chi connectivity index (χ0) is 23.4. The van der Waals surface area contributed by atoms with E-state index in [1.165, 1.54) is 10.9 Å². The van der Waals surface area contributed by atoms with Gasteiger partial charge in [-0.05, 0) is 43.8 Å². The Labute approximate surface area is 193 Å². The van der Waals surface area contributed by atoms with E-state index in [2.05, 4.69) is 9.88 Å². The number of benzene rings is 2. The lowest BCUT2D eigenvalue weighted by atomic mass is 10.1. The maximum Gasteiger partial charge on any atom is 0.261 e. The summed E-state index contributed by atoms with van der Waals surface area (Å²) in [7, 11) is 2.02. The van der Waals surface area contributed by atoms with Crippen molar-refractivity contribution < 1.29 is 9.59 Å². The highest BCUT2D eigenvalue weighted by Gasteiger charge is 2.22. The van der Waals surface area contributed by atoms with Gasteiger partial charge >= 0.3 is 0 Å². The van der Waals surface area contributed by atoms with Crippen molar-refractivity contribution in [3.8, 4) is 0 Å². The summed E-state index contributed by atoms with van der Waals surface area (Å²) in [5.74, 6) is -0.179. The largest absolute Gasteiger partial charge is 0.335 e. The van der Waals surface area contributed by atoms with Crippen LogP contribution in [0.1, 0.15) is 18.9 Å². The van der Waals surface area contributed by atoms with Gasteiger partial charge in [0.15, 0.2) is 0 Å². The van der Waals surface area contributed by atoms with E-state index in [0.29, 0.717) is 37.1 Å². The smallest absolute Gasteiger partial charge is 0.261 e. The molecule has 0 N–H and O–H groups in total. The molecule has 33 heavy (non-hydrogen) atoms. The molecule has 0 unspecified atom stereocenters. The van der Waals surface area contributed by atoms with E-state index in [-0.39, 0.29) is 23.9 Å². The second-order valence-electron chi connectivity index (χ2n) is 8.47. The van der Waals surface area contributed by atoms with Crippen LogP contribution in [0.3, 0.4) is 0 Å². The Balaban J connectivity index is 1.64. The van der Waals surface area contributed by atoms with Gasteiger partial charge in [-0.2, -0.15) is 0 Å². The Bertz CT molecular complexity index is 1220. The van der Waals surface area contributed by atoms with Crippen LogP contribution >= 0.6 is 0 Å². The molecule has 2 aromatic carbocycles. The molecule has 172 valence electrons. The van der Waals surface area contributed by atoms with Crippen LogP contribution in [0.25, 0.3) is 10.9 Å². The zero-order valence-electron chi connectivity index (χ0n) is 19.1. The molecule has 0 atom stereocenters. The minimum absolute atomic E-state index is 0.0176. The Morgan fingerprint density at radius 3 is 2.55 bits per heavy atom. The number of hydrogen-bond acceptors (Lipinski definition) is 5. The molecule has 0 spiro atoms. The zero-order valence-corrected chi connectivity index (χ0v) is 19.1.